The molecular formula is C12H14BrN5O. The Morgan fingerprint density at radius 1 is 1.42 bits per heavy atom. The van der Waals surface area contributed by atoms with Gasteiger partial charge in [-0.1, -0.05) is 6.92 Å². The molecule has 0 aliphatic rings. The minimum Gasteiger partial charge on any atom is -0.304 e. The lowest BCUT2D eigenvalue weighted by Crippen LogP contribution is -2.15. The highest BCUT2D eigenvalue weighted by Crippen LogP contribution is 2.16. The number of aromatic amines is 1. The number of carbonyl (C=O) groups excluding carboxylic acids is 1. The van der Waals surface area contributed by atoms with Gasteiger partial charge in [0.15, 0.2) is 0 Å². The van der Waals surface area contributed by atoms with Crippen LogP contribution in [0.5, 0.6) is 0 Å². The van der Waals surface area contributed by atoms with Gasteiger partial charge in [0.05, 0.1) is 5.69 Å². The summed E-state index contributed by atoms with van der Waals surface area (Å²) in [5.41, 5.74) is 0.805. The van der Waals surface area contributed by atoms with Crippen molar-refractivity contribution in [1.29, 1.82) is 0 Å². The molecule has 0 aliphatic heterocycles. The van der Waals surface area contributed by atoms with E-state index < -0.39 is 0 Å². The molecule has 2 heterocycles. The number of rotatable bonds is 4. The summed E-state index contributed by atoms with van der Waals surface area (Å²) in [6.07, 6.45) is 1.72. The van der Waals surface area contributed by atoms with Gasteiger partial charge in [0.1, 0.15) is 11.6 Å². The molecule has 0 aliphatic carbocycles. The van der Waals surface area contributed by atoms with Crippen LogP contribution in [0.3, 0.4) is 0 Å². The highest BCUT2D eigenvalue weighted by atomic mass is 79.9. The van der Waals surface area contributed by atoms with Crippen LogP contribution in [0, 0.1) is 6.92 Å². The van der Waals surface area contributed by atoms with Crippen LogP contribution in [-0.2, 0) is 6.42 Å². The molecule has 2 rings (SSSR count). The van der Waals surface area contributed by atoms with Crippen molar-refractivity contribution >= 4 is 27.7 Å². The van der Waals surface area contributed by atoms with Crippen LogP contribution in [0.1, 0.15) is 35.5 Å². The van der Waals surface area contributed by atoms with Crippen LogP contribution in [0.25, 0.3) is 0 Å². The van der Waals surface area contributed by atoms with Crippen molar-refractivity contribution in [2.45, 2.75) is 26.7 Å². The lowest BCUT2D eigenvalue weighted by Gasteiger charge is -2.03. The first-order valence-electron chi connectivity index (χ1n) is 5.96. The van der Waals surface area contributed by atoms with Gasteiger partial charge in [0, 0.05) is 10.9 Å². The number of anilines is 1. The van der Waals surface area contributed by atoms with Crippen molar-refractivity contribution in [3.63, 3.8) is 0 Å². The van der Waals surface area contributed by atoms with E-state index in [1.807, 2.05) is 19.9 Å². The van der Waals surface area contributed by atoms with Crippen molar-refractivity contribution in [2.24, 2.45) is 0 Å². The highest BCUT2D eigenvalue weighted by Gasteiger charge is 2.13. The molecule has 2 N–H and O–H groups in total. The smallest absolute Gasteiger partial charge is 0.296 e. The Morgan fingerprint density at radius 2 is 2.21 bits per heavy atom. The number of hydrogen-bond acceptors (Lipinski definition) is 4. The van der Waals surface area contributed by atoms with Crippen LogP contribution in [0.2, 0.25) is 0 Å². The average molecular weight is 324 g/mol. The fourth-order valence-corrected chi connectivity index (χ4v) is 1.75. The minimum atomic E-state index is -0.368. The van der Waals surface area contributed by atoms with Gasteiger partial charge in [-0.25, -0.2) is 9.97 Å². The number of amides is 1. The third-order valence-corrected chi connectivity index (χ3v) is 3.32. The first-order chi connectivity index (χ1) is 9.10. The van der Waals surface area contributed by atoms with E-state index in [1.54, 1.807) is 6.07 Å². The molecule has 0 saturated heterocycles. The van der Waals surface area contributed by atoms with E-state index in [2.05, 4.69) is 41.4 Å². The molecule has 100 valence electrons. The second-order valence-corrected chi connectivity index (χ2v) is 4.93. The lowest BCUT2D eigenvalue weighted by molar-refractivity contribution is 0.101. The zero-order valence-electron chi connectivity index (χ0n) is 10.7. The van der Waals surface area contributed by atoms with Gasteiger partial charge >= 0.3 is 0 Å². The van der Waals surface area contributed by atoms with Crippen LogP contribution >= 0.6 is 15.9 Å². The summed E-state index contributed by atoms with van der Waals surface area (Å²) < 4.78 is 0.897. The number of aryl methyl sites for hydroxylation is 2. The Morgan fingerprint density at radius 3 is 2.89 bits per heavy atom. The van der Waals surface area contributed by atoms with Crippen LogP contribution in [-0.4, -0.2) is 26.1 Å². The molecule has 0 radical (unpaired) electrons. The zero-order chi connectivity index (χ0) is 13.8. The van der Waals surface area contributed by atoms with Crippen molar-refractivity contribution < 1.29 is 4.79 Å². The Kier molecular flexibility index (Phi) is 4.26. The van der Waals surface area contributed by atoms with Gasteiger partial charge < -0.3 is 5.32 Å². The third-order valence-electron chi connectivity index (χ3n) is 2.48. The molecule has 2 aromatic rings. The quantitative estimate of drug-likeness (QED) is 0.905. The van der Waals surface area contributed by atoms with Gasteiger partial charge in [-0.05, 0) is 41.4 Å². The Hall–Kier alpha value is -1.76. The second-order valence-electron chi connectivity index (χ2n) is 4.07. The van der Waals surface area contributed by atoms with E-state index in [-0.39, 0.29) is 11.7 Å². The summed E-state index contributed by atoms with van der Waals surface area (Å²) in [6.45, 7) is 3.89. The van der Waals surface area contributed by atoms with Gasteiger partial charge in [0.2, 0.25) is 5.82 Å². The molecule has 0 bridgehead atoms. The number of hydrogen-bond donors (Lipinski definition) is 2. The molecule has 0 fully saturated rings. The minimum absolute atomic E-state index is 0.130. The molecule has 2 aromatic heterocycles. The van der Waals surface area contributed by atoms with E-state index in [1.165, 1.54) is 0 Å². The van der Waals surface area contributed by atoms with Crippen molar-refractivity contribution in [3.8, 4) is 0 Å². The average Bonchev–Trinajstić information content (AvgIpc) is 2.83. The number of halogens is 1. The number of carbonyl (C=O) groups is 1. The summed E-state index contributed by atoms with van der Waals surface area (Å²) in [6, 6.07) is 3.55. The molecule has 0 spiro atoms. The number of nitrogens with zero attached hydrogens (tertiary/aromatic N) is 3. The van der Waals surface area contributed by atoms with Gasteiger partial charge in [-0.2, -0.15) is 0 Å². The second kappa shape index (κ2) is 5.92. The summed E-state index contributed by atoms with van der Waals surface area (Å²) in [4.78, 5) is 20.3. The van der Waals surface area contributed by atoms with Gasteiger partial charge in [0.25, 0.3) is 5.91 Å². The monoisotopic (exact) mass is 323 g/mol. The molecule has 6 nitrogen and oxygen atoms in total. The van der Waals surface area contributed by atoms with Crippen LogP contribution < -0.4 is 5.32 Å². The number of H-pyrrole nitrogens is 1. The molecule has 1 amide bonds. The molecular weight excluding hydrogens is 310 g/mol. The van der Waals surface area contributed by atoms with E-state index in [4.69, 9.17) is 0 Å². The summed E-state index contributed by atoms with van der Waals surface area (Å²) in [5.74, 6) is 0.957. The maximum absolute atomic E-state index is 11.9. The van der Waals surface area contributed by atoms with Crippen LogP contribution in [0.15, 0.2) is 16.6 Å². The van der Waals surface area contributed by atoms with Gasteiger partial charge in [-0.3, -0.25) is 9.89 Å². The standard InChI is InChI=1S/C12H14BrN5O/c1-3-4-10-15-11(18-17-10)12(19)16-9-6-5-8(13)7(2)14-9/h5-6H,3-4H2,1-2H3,(H,14,16,19)(H,15,17,18). The maximum atomic E-state index is 11.9. The molecule has 7 heteroatoms. The molecule has 0 saturated carbocycles. The topological polar surface area (TPSA) is 83.6 Å². The van der Waals surface area contributed by atoms with E-state index in [0.717, 1.165) is 23.0 Å². The van der Waals surface area contributed by atoms with E-state index >= 15 is 0 Å². The van der Waals surface area contributed by atoms with Crippen LogP contribution in [0.4, 0.5) is 5.82 Å². The number of pyridine rings is 1. The first-order valence-corrected chi connectivity index (χ1v) is 6.75. The number of nitrogens with one attached hydrogen (secondary N) is 2. The summed E-state index contributed by atoms with van der Waals surface area (Å²) >= 11 is 3.36. The first kappa shape index (κ1) is 13.7. The molecule has 19 heavy (non-hydrogen) atoms. The SMILES string of the molecule is CCCc1nc(C(=O)Nc2ccc(Br)c(C)n2)n[nH]1. The van der Waals surface area contributed by atoms with E-state index in [0.29, 0.717) is 11.6 Å². The Bertz CT molecular complexity index is 596. The predicted octanol–water partition coefficient (Wildman–Crippen LogP) is 2.48. The van der Waals surface area contributed by atoms with Crippen molar-refractivity contribution in [2.75, 3.05) is 5.32 Å². The fraction of sp³-hybridized carbons (Fsp3) is 0.333. The third kappa shape index (κ3) is 3.37. The highest BCUT2D eigenvalue weighted by molar-refractivity contribution is 9.10. The summed E-state index contributed by atoms with van der Waals surface area (Å²) in [7, 11) is 0. The van der Waals surface area contributed by atoms with Crippen molar-refractivity contribution in [1.82, 2.24) is 20.2 Å². The van der Waals surface area contributed by atoms with Gasteiger partial charge in [-0.15, -0.1) is 5.10 Å². The fourth-order valence-electron chi connectivity index (χ4n) is 1.53. The summed E-state index contributed by atoms with van der Waals surface area (Å²) in [5, 5.41) is 9.30. The zero-order valence-corrected chi connectivity index (χ0v) is 12.3. The number of aromatic nitrogens is 4. The Balaban J connectivity index is 2.09. The van der Waals surface area contributed by atoms with Crippen molar-refractivity contribution in [3.05, 3.63) is 33.9 Å². The Labute approximate surface area is 119 Å². The maximum Gasteiger partial charge on any atom is 0.296 e. The van der Waals surface area contributed by atoms with E-state index in [9.17, 15) is 4.79 Å². The molecule has 0 aromatic carbocycles. The largest absolute Gasteiger partial charge is 0.304 e. The molecule has 0 atom stereocenters. The predicted molar refractivity (Wildman–Crippen MR) is 75.0 cm³/mol. The normalized spacial score (nSPS) is 10.5. The molecule has 0 unspecified atom stereocenters. The lowest BCUT2D eigenvalue weighted by atomic mass is 10.3.